The third kappa shape index (κ3) is 2.99. The van der Waals surface area contributed by atoms with Crippen molar-refractivity contribution in [2.45, 2.75) is 12.5 Å². The minimum Gasteiger partial charge on any atom is -0.396 e. The molecule has 94 valence electrons. The zero-order valence-corrected chi connectivity index (χ0v) is 10.6. The lowest BCUT2D eigenvalue weighted by Crippen LogP contribution is -2.32. The topological polar surface area (TPSA) is 49.5 Å². The number of halogens is 1. The summed E-state index contributed by atoms with van der Waals surface area (Å²) in [6, 6.07) is 8.09. The molecule has 2 unspecified atom stereocenters. The first-order chi connectivity index (χ1) is 8.24. The Morgan fingerprint density at radius 3 is 2.94 bits per heavy atom. The molecule has 1 fully saturated rings. The third-order valence-corrected chi connectivity index (χ3v) is 3.71. The first kappa shape index (κ1) is 12.8. The Morgan fingerprint density at radius 2 is 2.35 bits per heavy atom. The highest BCUT2D eigenvalue weighted by molar-refractivity contribution is 6.30. The van der Waals surface area contributed by atoms with Gasteiger partial charge in [0.15, 0.2) is 0 Å². The van der Waals surface area contributed by atoms with Crippen LogP contribution in [0.3, 0.4) is 0 Å². The molecule has 2 rings (SSSR count). The summed E-state index contributed by atoms with van der Waals surface area (Å²) in [4.78, 5) is 2.34. The number of rotatable bonds is 4. The number of hydrogen-bond donors (Lipinski definition) is 2. The van der Waals surface area contributed by atoms with Crippen LogP contribution in [0, 0.1) is 5.92 Å². The number of benzene rings is 1. The zero-order valence-electron chi connectivity index (χ0n) is 9.85. The molecule has 1 aromatic carbocycles. The van der Waals surface area contributed by atoms with Crippen LogP contribution in [0.15, 0.2) is 24.3 Å². The monoisotopic (exact) mass is 254 g/mol. The molecule has 0 aromatic heterocycles. The summed E-state index contributed by atoms with van der Waals surface area (Å²) >= 11 is 6.01. The van der Waals surface area contributed by atoms with Crippen molar-refractivity contribution in [3.8, 4) is 0 Å². The van der Waals surface area contributed by atoms with Gasteiger partial charge in [-0.15, -0.1) is 0 Å². The highest BCUT2D eigenvalue weighted by Gasteiger charge is 2.27. The summed E-state index contributed by atoms with van der Waals surface area (Å²) in [5.41, 5.74) is 7.04. The standard InChI is InChI=1S/C13H19ClN2O/c14-12-3-1-2-11(6-12)13(7-15)16-5-4-10(8-16)9-17/h1-3,6,10,13,17H,4-5,7-9,15H2. The van der Waals surface area contributed by atoms with Crippen LogP contribution in [-0.4, -0.2) is 36.2 Å². The lowest BCUT2D eigenvalue weighted by Gasteiger charge is -2.27. The van der Waals surface area contributed by atoms with Crippen LogP contribution in [0.5, 0.6) is 0 Å². The highest BCUT2D eigenvalue weighted by atomic mass is 35.5. The lowest BCUT2D eigenvalue weighted by atomic mass is 10.1. The molecule has 1 aliphatic rings. The van der Waals surface area contributed by atoms with E-state index >= 15 is 0 Å². The summed E-state index contributed by atoms with van der Waals surface area (Å²) in [6.45, 7) is 2.77. The van der Waals surface area contributed by atoms with Gasteiger partial charge in [-0.05, 0) is 36.6 Å². The van der Waals surface area contributed by atoms with E-state index in [1.54, 1.807) is 0 Å². The van der Waals surface area contributed by atoms with E-state index in [2.05, 4.69) is 11.0 Å². The molecule has 4 heteroatoms. The van der Waals surface area contributed by atoms with Crippen molar-refractivity contribution in [3.05, 3.63) is 34.9 Å². The van der Waals surface area contributed by atoms with E-state index < -0.39 is 0 Å². The fourth-order valence-electron chi connectivity index (χ4n) is 2.50. The van der Waals surface area contributed by atoms with Gasteiger partial charge in [-0.2, -0.15) is 0 Å². The number of aliphatic hydroxyl groups excluding tert-OH is 1. The minimum atomic E-state index is 0.213. The van der Waals surface area contributed by atoms with Crippen molar-refractivity contribution in [2.75, 3.05) is 26.2 Å². The quantitative estimate of drug-likeness (QED) is 0.859. The van der Waals surface area contributed by atoms with Crippen LogP contribution in [0.1, 0.15) is 18.0 Å². The lowest BCUT2D eigenvalue weighted by molar-refractivity contribution is 0.200. The summed E-state index contributed by atoms with van der Waals surface area (Å²) in [7, 11) is 0. The molecule has 0 radical (unpaired) electrons. The molecule has 1 aromatic rings. The van der Waals surface area contributed by atoms with Crippen LogP contribution in [0.25, 0.3) is 0 Å². The SMILES string of the molecule is NCC(c1cccc(Cl)c1)N1CCC(CO)C1. The van der Waals surface area contributed by atoms with Gasteiger partial charge >= 0.3 is 0 Å². The van der Waals surface area contributed by atoms with Gasteiger partial charge in [-0.25, -0.2) is 0 Å². The van der Waals surface area contributed by atoms with Gasteiger partial charge < -0.3 is 10.8 Å². The highest BCUT2D eigenvalue weighted by Crippen LogP contribution is 2.28. The van der Waals surface area contributed by atoms with E-state index in [0.29, 0.717) is 12.5 Å². The molecule has 17 heavy (non-hydrogen) atoms. The molecule has 1 heterocycles. The Morgan fingerprint density at radius 1 is 1.53 bits per heavy atom. The van der Waals surface area contributed by atoms with E-state index in [1.807, 2.05) is 18.2 Å². The van der Waals surface area contributed by atoms with E-state index in [-0.39, 0.29) is 12.6 Å². The fourth-order valence-corrected chi connectivity index (χ4v) is 2.70. The maximum atomic E-state index is 9.17. The fraction of sp³-hybridized carbons (Fsp3) is 0.538. The Kier molecular flexibility index (Phi) is 4.40. The van der Waals surface area contributed by atoms with Gasteiger partial charge in [0.1, 0.15) is 0 Å². The number of nitrogens with zero attached hydrogens (tertiary/aromatic N) is 1. The Labute approximate surface area is 107 Å². The molecule has 1 saturated heterocycles. The van der Waals surface area contributed by atoms with E-state index in [9.17, 15) is 5.11 Å². The molecule has 3 N–H and O–H groups in total. The van der Waals surface area contributed by atoms with Crippen LogP contribution in [0.4, 0.5) is 0 Å². The summed E-state index contributed by atoms with van der Waals surface area (Å²) < 4.78 is 0. The second-order valence-electron chi connectivity index (χ2n) is 4.64. The second kappa shape index (κ2) is 5.83. The molecule has 0 saturated carbocycles. The number of likely N-dealkylation sites (tertiary alicyclic amines) is 1. The van der Waals surface area contributed by atoms with Crippen molar-refractivity contribution in [1.82, 2.24) is 4.90 Å². The average Bonchev–Trinajstić information content (AvgIpc) is 2.79. The smallest absolute Gasteiger partial charge is 0.0471 e. The summed E-state index contributed by atoms with van der Waals surface area (Å²) in [5, 5.41) is 9.92. The van der Waals surface area contributed by atoms with Gasteiger partial charge in [-0.3, -0.25) is 4.90 Å². The van der Waals surface area contributed by atoms with Crippen molar-refractivity contribution in [3.63, 3.8) is 0 Å². The van der Waals surface area contributed by atoms with Gasteiger partial charge in [0.05, 0.1) is 0 Å². The molecule has 0 amide bonds. The van der Waals surface area contributed by atoms with Crippen LogP contribution in [-0.2, 0) is 0 Å². The van der Waals surface area contributed by atoms with Crippen molar-refractivity contribution in [1.29, 1.82) is 0 Å². The first-order valence-corrected chi connectivity index (χ1v) is 6.43. The molecule has 0 aliphatic carbocycles. The summed E-state index contributed by atoms with van der Waals surface area (Å²) in [5.74, 6) is 0.392. The minimum absolute atomic E-state index is 0.213. The maximum Gasteiger partial charge on any atom is 0.0471 e. The van der Waals surface area contributed by atoms with Crippen molar-refractivity contribution >= 4 is 11.6 Å². The third-order valence-electron chi connectivity index (χ3n) is 3.47. The van der Waals surface area contributed by atoms with Crippen LogP contribution < -0.4 is 5.73 Å². The molecule has 0 bridgehead atoms. The van der Waals surface area contributed by atoms with Gasteiger partial charge in [-0.1, -0.05) is 23.7 Å². The van der Waals surface area contributed by atoms with Gasteiger partial charge in [0.2, 0.25) is 0 Å². The zero-order chi connectivity index (χ0) is 12.3. The van der Waals surface area contributed by atoms with Crippen LogP contribution in [0.2, 0.25) is 5.02 Å². The molecule has 1 aliphatic heterocycles. The van der Waals surface area contributed by atoms with Crippen molar-refractivity contribution in [2.24, 2.45) is 11.7 Å². The molecule has 0 spiro atoms. The van der Waals surface area contributed by atoms with Gasteiger partial charge in [0.25, 0.3) is 0 Å². The number of aliphatic hydroxyl groups is 1. The second-order valence-corrected chi connectivity index (χ2v) is 5.08. The maximum absolute atomic E-state index is 9.17. The Hall–Kier alpha value is -0.610. The molecule has 2 atom stereocenters. The molecule has 3 nitrogen and oxygen atoms in total. The van der Waals surface area contributed by atoms with Gasteiger partial charge in [0, 0.05) is 30.8 Å². The molecular weight excluding hydrogens is 236 g/mol. The Bertz CT molecular complexity index is 372. The largest absolute Gasteiger partial charge is 0.396 e. The van der Waals surface area contributed by atoms with E-state index in [0.717, 1.165) is 24.5 Å². The normalized spacial score (nSPS) is 22.9. The number of hydrogen-bond acceptors (Lipinski definition) is 3. The van der Waals surface area contributed by atoms with E-state index in [4.69, 9.17) is 17.3 Å². The average molecular weight is 255 g/mol. The van der Waals surface area contributed by atoms with E-state index in [1.165, 1.54) is 5.56 Å². The Balaban J connectivity index is 2.11. The molecular formula is C13H19ClN2O. The predicted molar refractivity (Wildman–Crippen MR) is 70.0 cm³/mol. The first-order valence-electron chi connectivity index (χ1n) is 6.05. The van der Waals surface area contributed by atoms with Crippen molar-refractivity contribution < 1.29 is 5.11 Å². The predicted octanol–water partition coefficient (Wildman–Crippen LogP) is 1.65. The summed E-state index contributed by atoms with van der Waals surface area (Å²) in [6.07, 6.45) is 1.05. The number of nitrogens with two attached hydrogens (primary N) is 1. The van der Waals surface area contributed by atoms with Crippen LogP contribution >= 0.6 is 11.6 Å².